The lowest BCUT2D eigenvalue weighted by Gasteiger charge is -2.25. The topological polar surface area (TPSA) is 44.7 Å². The van der Waals surface area contributed by atoms with E-state index in [1.54, 1.807) is 18.2 Å². The van der Waals surface area contributed by atoms with Gasteiger partial charge < -0.3 is 0 Å². The van der Waals surface area contributed by atoms with Crippen LogP contribution in [0.4, 0.5) is 10.5 Å². The quantitative estimate of drug-likeness (QED) is 0.863. The second-order valence-electron chi connectivity index (χ2n) is 3.29. The van der Waals surface area contributed by atoms with E-state index in [-0.39, 0.29) is 6.03 Å². The second-order valence-corrected chi connectivity index (χ2v) is 5.04. The monoisotopic (exact) mass is 289 g/mol. The summed E-state index contributed by atoms with van der Waals surface area (Å²) >= 11 is 13.2. The van der Waals surface area contributed by atoms with Crippen LogP contribution in [0.1, 0.15) is 0 Å². The van der Waals surface area contributed by atoms with Crippen LogP contribution in [0.5, 0.6) is 0 Å². The van der Waals surface area contributed by atoms with Gasteiger partial charge in [0, 0.05) is 10.0 Å². The average Bonchev–Trinajstić information content (AvgIpc) is 2.27. The van der Waals surface area contributed by atoms with Crippen LogP contribution in [0, 0.1) is 0 Å². The Balaban J connectivity index is 2.30. The molecule has 1 aromatic carbocycles. The van der Waals surface area contributed by atoms with Crippen LogP contribution in [0.15, 0.2) is 23.2 Å². The third-order valence-electron chi connectivity index (χ3n) is 2.14. The Morgan fingerprint density at radius 1 is 1.35 bits per heavy atom. The minimum atomic E-state index is -0.376. The second kappa shape index (κ2) is 5.27. The first kappa shape index (κ1) is 12.7. The molecule has 0 saturated heterocycles. The fourth-order valence-electron chi connectivity index (χ4n) is 1.40. The van der Waals surface area contributed by atoms with Crippen molar-refractivity contribution < 1.29 is 4.79 Å². The molecule has 0 aliphatic carbocycles. The standard InChI is InChI=1S/C10H9Cl2N3OS/c1-17-9-5-13-15(10(16)14-9)8-3-6(11)2-7(12)4-8/h2-4,13H,5H2,1H3. The minimum absolute atomic E-state index is 0.376. The molecular formula is C10H9Cl2N3OS. The Bertz CT molecular complexity index is 472. The summed E-state index contributed by atoms with van der Waals surface area (Å²) in [6, 6.07) is 4.53. The Morgan fingerprint density at radius 3 is 2.53 bits per heavy atom. The highest BCUT2D eigenvalue weighted by molar-refractivity contribution is 8.13. The number of rotatable bonds is 1. The maximum absolute atomic E-state index is 11.8. The first-order valence-corrected chi connectivity index (χ1v) is 6.73. The Hall–Kier alpha value is -0.750. The lowest BCUT2D eigenvalue weighted by atomic mass is 10.3. The summed E-state index contributed by atoms with van der Waals surface area (Å²) in [6.07, 6.45) is 1.87. The zero-order chi connectivity index (χ0) is 12.4. The van der Waals surface area contributed by atoms with Gasteiger partial charge in [-0.25, -0.2) is 15.2 Å². The lowest BCUT2D eigenvalue weighted by molar-refractivity contribution is 0.251. The van der Waals surface area contributed by atoms with Crippen LogP contribution in [-0.2, 0) is 0 Å². The number of amides is 2. The first-order valence-electron chi connectivity index (χ1n) is 4.75. The zero-order valence-corrected chi connectivity index (χ0v) is 11.2. The van der Waals surface area contributed by atoms with Crippen molar-refractivity contribution in [1.29, 1.82) is 0 Å². The molecule has 90 valence electrons. The molecule has 0 fully saturated rings. The average molecular weight is 290 g/mol. The van der Waals surface area contributed by atoms with Gasteiger partial charge in [-0.2, -0.15) is 4.99 Å². The van der Waals surface area contributed by atoms with Crippen molar-refractivity contribution in [3.05, 3.63) is 28.2 Å². The number of carbonyl (C=O) groups is 1. The number of thioether (sulfide) groups is 1. The van der Waals surface area contributed by atoms with E-state index in [0.717, 1.165) is 5.04 Å². The van der Waals surface area contributed by atoms with E-state index >= 15 is 0 Å². The van der Waals surface area contributed by atoms with Crippen LogP contribution in [0.3, 0.4) is 0 Å². The van der Waals surface area contributed by atoms with E-state index < -0.39 is 0 Å². The van der Waals surface area contributed by atoms with Crippen LogP contribution in [0.2, 0.25) is 10.0 Å². The molecular weight excluding hydrogens is 281 g/mol. The molecule has 0 spiro atoms. The van der Waals surface area contributed by atoms with Crippen LogP contribution in [-0.4, -0.2) is 23.9 Å². The van der Waals surface area contributed by atoms with Gasteiger partial charge in [-0.3, -0.25) is 0 Å². The molecule has 0 saturated carbocycles. The Kier molecular flexibility index (Phi) is 3.93. The van der Waals surface area contributed by atoms with Crippen molar-refractivity contribution in [2.24, 2.45) is 4.99 Å². The smallest absolute Gasteiger partial charge is 0.244 e. The summed E-state index contributed by atoms with van der Waals surface area (Å²) in [5.74, 6) is 0. The molecule has 0 unspecified atom stereocenters. The number of carbonyl (C=O) groups excluding carboxylic acids is 1. The third kappa shape index (κ3) is 2.93. The first-order chi connectivity index (χ1) is 8.10. The number of nitrogens with one attached hydrogen (secondary N) is 1. The fraction of sp³-hybridized carbons (Fsp3) is 0.200. The van der Waals surface area contributed by atoms with Gasteiger partial charge in [0.05, 0.1) is 17.3 Å². The Morgan fingerprint density at radius 2 is 2.00 bits per heavy atom. The molecule has 2 amide bonds. The molecule has 1 aliphatic heterocycles. The summed E-state index contributed by atoms with van der Waals surface area (Å²) < 4.78 is 0. The van der Waals surface area contributed by atoms with Gasteiger partial charge in [-0.15, -0.1) is 11.8 Å². The van der Waals surface area contributed by atoms with Gasteiger partial charge in [0.15, 0.2) is 0 Å². The highest BCUT2D eigenvalue weighted by Gasteiger charge is 2.21. The number of hydrogen-bond donors (Lipinski definition) is 1. The highest BCUT2D eigenvalue weighted by atomic mass is 35.5. The summed E-state index contributed by atoms with van der Waals surface area (Å²) in [7, 11) is 0. The van der Waals surface area contributed by atoms with E-state index in [9.17, 15) is 4.79 Å². The number of benzene rings is 1. The van der Waals surface area contributed by atoms with Gasteiger partial charge in [0.25, 0.3) is 0 Å². The molecule has 17 heavy (non-hydrogen) atoms. The minimum Gasteiger partial charge on any atom is -0.244 e. The highest BCUT2D eigenvalue weighted by Crippen LogP contribution is 2.25. The van der Waals surface area contributed by atoms with Crippen molar-refractivity contribution in [3.63, 3.8) is 0 Å². The molecule has 0 radical (unpaired) electrons. The summed E-state index contributed by atoms with van der Waals surface area (Å²) in [6.45, 7) is 0.511. The normalized spacial score (nSPS) is 16.1. The molecule has 0 aromatic heterocycles. The number of anilines is 1. The Labute approximate surface area is 113 Å². The van der Waals surface area contributed by atoms with Crippen LogP contribution in [0.25, 0.3) is 0 Å². The van der Waals surface area contributed by atoms with Crippen molar-refractivity contribution >= 4 is 51.7 Å². The largest absolute Gasteiger partial charge is 0.363 e. The van der Waals surface area contributed by atoms with Crippen molar-refractivity contribution in [2.45, 2.75) is 0 Å². The van der Waals surface area contributed by atoms with Gasteiger partial charge in [0.1, 0.15) is 0 Å². The molecule has 1 heterocycles. The van der Waals surface area contributed by atoms with Gasteiger partial charge >= 0.3 is 6.03 Å². The van der Waals surface area contributed by atoms with E-state index in [4.69, 9.17) is 23.2 Å². The van der Waals surface area contributed by atoms with Crippen molar-refractivity contribution in [1.82, 2.24) is 5.43 Å². The van der Waals surface area contributed by atoms with Gasteiger partial charge in [-0.1, -0.05) is 23.2 Å². The molecule has 7 heteroatoms. The van der Waals surface area contributed by atoms with Gasteiger partial charge in [-0.05, 0) is 24.5 Å². The predicted molar refractivity (Wildman–Crippen MR) is 73.3 cm³/mol. The number of hydrogen-bond acceptors (Lipinski definition) is 3. The lowest BCUT2D eigenvalue weighted by Crippen LogP contribution is -2.47. The molecule has 2 rings (SSSR count). The van der Waals surface area contributed by atoms with Crippen LogP contribution < -0.4 is 10.4 Å². The number of hydrazine groups is 1. The number of halogens is 2. The zero-order valence-electron chi connectivity index (χ0n) is 8.91. The number of urea groups is 1. The maximum atomic E-state index is 11.8. The molecule has 0 atom stereocenters. The van der Waals surface area contributed by atoms with E-state index in [0.29, 0.717) is 22.3 Å². The number of nitrogens with zero attached hydrogens (tertiary/aromatic N) is 2. The predicted octanol–water partition coefficient (Wildman–Crippen LogP) is 3.20. The van der Waals surface area contributed by atoms with Crippen molar-refractivity contribution in [3.8, 4) is 0 Å². The fourth-order valence-corrected chi connectivity index (χ4v) is 2.29. The molecule has 0 bridgehead atoms. The molecule has 1 N–H and O–H groups in total. The van der Waals surface area contributed by atoms with Gasteiger partial charge in [0.2, 0.25) is 0 Å². The third-order valence-corrected chi connectivity index (χ3v) is 3.28. The summed E-state index contributed by atoms with van der Waals surface area (Å²) in [5.41, 5.74) is 3.54. The van der Waals surface area contributed by atoms with Crippen molar-refractivity contribution in [2.75, 3.05) is 17.8 Å². The maximum Gasteiger partial charge on any atom is 0.363 e. The van der Waals surface area contributed by atoms with E-state index in [2.05, 4.69) is 10.4 Å². The van der Waals surface area contributed by atoms with E-state index in [1.165, 1.54) is 16.8 Å². The van der Waals surface area contributed by atoms with E-state index in [1.807, 2.05) is 6.26 Å². The number of aliphatic imine (C=N–C) groups is 1. The summed E-state index contributed by atoms with van der Waals surface area (Å²) in [4.78, 5) is 15.7. The molecule has 1 aromatic rings. The van der Waals surface area contributed by atoms with Crippen LogP contribution >= 0.6 is 35.0 Å². The molecule has 1 aliphatic rings. The SMILES string of the molecule is CSC1=NC(=O)N(c2cc(Cl)cc(Cl)c2)NC1. The molecule has 4 nitrogen and oxygen atoms in total. The summed E-state index contributed by atoms with van der Waals surface area (Å²) in [5, 5.41) is 3.03.